The molecule has 8 heteroatoms. The van der Waals surface area contributed by atoms with Crippen LogP contribution in [-0.4, -0.2) is 19.8 Å². The van der Waals surface area contributed by atoms with Gasteiger partial charge in [0.2, 0.25) is 0 Å². The molecule has 2 amide bonds. The van der Waals surface area contributed by atoms with Gasteiger partial charge in [-0.2, -0.15) is 8.78 Å². The number of rotatable bonds is 6. The first-order valence-corrected chi connectivity index (χ1v) is 6.89. The van der Waals surface area contributed by atoms with Gasteiger partial charge in [0.05, 0.1) is 6.61 Å². The summed E-state index contributed by atoms with van der Waals surface area (Å²) in [6.45, 7) is -2.82. The van der Waals surface area contributed by atoms with E-state index in [1.807, 2.05) is 0 Å². The lowest BCUT2D eigenvalue weighted by Gasteiger charge is -2.12. The van der Waals surface area contributed by atoms with Crippen molar-refractivity contribution in [3.05, 3.63) is 53.8 Å². The van der Waals surface area contributed by atoms with E-state index in [1.54, 1.807) is 24.3 Å². The molecule has 0 unspecified atom stereocenters. The number of hydrogen-bond acceptors (Lipinski definition) is 3. The maximum atomic E-state index is 13.6. The van der Waals surface area contributed by atoms with Crippen molar-refractivity contribution in [2.45, 2.75) is 13.2 Å². The van der Waals surface area contributed by atoms with Gasteiger partial charge in [0, 0.05) is 30.1 Å². The van der Waals surface area contributed by atoms with Crippen molar-refractivity contribution >= 4 is 17.4 Å². The highest BCUT2D eigenvalue weighted by Crippen LogP contribution is 2.23. The molecule has 2 aromatic carbocycles. The second-order valence-corrected chi connectivity index (χ2v) is 4.69. The summed E-state index contributed by atoms with van der Waals surface area (Å²) in [4.78, 5) is 12.0. The van der Waals surface area contributed by atoms with Gasteiger partial charge in [-0.1, -0.05) is 18.2 Å². The van der Waals surface area contributed by atoms with Crippen LogP contribution < -0.4 is 15.4 Å². The van der Waals surface area contributed by atoms with Gasteiger partial charge in [-0.15, -0.1) is 0 Å². The van der Waals surface area contributed by atoms with E-state index in [0.717, 1.165) is 17.7 Å². The van der Waals surface area contributed by atoms with Crippen molar-refractivity contribution < 1.29 is 27.4 Å². The highest BCUT2D eigenvalue weighted by Gasteiger charge is 2.12. The summed E-state index contributed by atoms with van der Waals surface area (Å²) in [5.41, 5.74) is 1.40. The molecule has 0 radical (unpaired) electrons. The summed E-state index contributed by atoms with van der Waals surface area (Å²) in [5.74, 6) is -1.60. The number of ether oxygens (including phenoxy) is 2. The lowest BCUT2D eigenvalue weighted by atomic mass is 10.2. The molecule has 2 aromatic rings. The van der Waals surface area contributed by atoms with Gasteiger partial charge < -0.3 is 20.1 Å². The fourth-order valence-corrected chi connectivity index (χ4v) is 1.98. The molecule has 2 rings (SSSR count). The smallest absolute Gasteiger partial charge is 0.387 e. The van der Waals surface area contributed by atoms with Gasteiger partial charge in [0.25, 0.3) is 0 Å². The van der Waals surface area contributed by atoms with Crippen LogP contribution in [-0.2, 0) is 11.3 Å². The zero-order valence-corrected chi connectivity index (χ0v) is 12.7. The van der Waals surface area contributed by atoms with Crippen LogP contribution in [0.15, 0.2) is 42.5 Å². The Bertz CT molecular complexity index is 711. The third-order valence-electron chi connectivity index (χ3n) is 2.97. The van der Waals surface area contributed by atoms with Gasteiger partial charge in [0.15, 0.2) is 11.6 Å². The molecule has 0 heterocycles. The zero-order valence-electron chi connectivity index (χ0n) is 12.7. The molecule has 0 aliphatic rings. The fraction of sp³-hybridized carbons (Fsp3) is 0.188. The summed E-state index contributed by atoms with van der Waals surface area (Å²) in [7, 11) is 1.53. The van der Waals surface area contributed by atoms with Crippen molar-refractivity contribution in [3.8, 4) is 5.75 Å². The van der Waals surface area contributed by atoms with Gasteiger partial charge in [-0.25, -0.2) is 9.18 Å². The van der Waals surface area contributed by atoms with Gasteiger partial charge in [-0.3, -0.25) is 0 Å². The Kier molecular flexibility index (Phi) is 6.02. The van der Waals surface area contributed by atoms with Crippen LogP contribution in [0.1, 0.15) is 5.56 Å². The minimum absolute atomic E-state index is 0.0934. The topological polar surface area (TPSA) is 59.6 Å². The van der Waals surface area contributed by atoms with Crippen molar-refractivity contribution in [1.29, 1.82) is 0 Å². The fourth-order valence-electron chi connectivity index (χ4n) is 1.98. The molecule has 0 aliphatic heterocycles. The van der Waals surface area contributed by atoms with E-state index in [9.17, 15) is 18.0 Å². The highest BCUT2D eigenvalue weighted by molar-refractivity contribution is 6.00. The normalized spacial score (nSPS) is 10.5. The van der Waals surface area contributed by atoms with Crippen LogP contribution in [0.2, 0.25) is 0 Å². The van der Waals surface area contributed by atoms with E-state index in [2.05, 4.69) is 15.4 Å². The Morgan fingerprint density at radius 3 is 2.58 bits per heavy atom. The lowest BCUT2D eigenvalue weighted by Crippen LogP contribution is -2.20. The molecule has 0 fully saturated rings. The van der Waals surface area contributed by atoms with E-state index in [1.165, 1.54) is 13.2 Å². The number of anilines is 2. The Hall–Kier alpha value is -2.74. The summed E-state index contributed by atoms with van der Waals surface area (Å²) < 4.78 is 46.8. The molecule has 0 aliphatic carbocycles. The Labute approximate surface area is 136 Å². The largest absolute Gasteiger partial charge is 0.432 e. The third-order valence-corrected chi connectivity index (χ3v) is 2.97. The van der Waals surface area contributed by atoms with Crippen LogP contribution in [0.4, 0.5) is 29.3 Å². The van der Waals surface area contributed by atoms with Crippen molar-refractivity contribution in [1.82, 2.24) is 0 Å². The van der Waals surface area contributed by atoms with E-state index in [0.29, 0.717) is 12.3 Å². The minimum Gasteiger partial charge on any atom is -0.432 e. The van der Waals surface area contributed by atoms with E-state index >= 15 is 0 Å². The number of alkyl halides is 2. The number of nitrogens with one attached hydrogen (secondary N) is 2. The highest BCUT2D eigenvalue weighted by atomic mass is 19.3. The average Bonchev–Trinajstić information content (AvgIpc) is 2.52. The van der Waals surface area contributed by atoms with Crippen molar-refractivity contribution in [2.75, 3.05) is 17.7 Å². The Morgan fingerprint density at radius 2 is 1.92 bits per heavy atom. The van der Waals surface area contributed by atoms with E-state index in [-0.39, 0.29) is 5.69 Å². The molecule has 2 N–H and O–H groups in total. The first kappa shape index (κ1) is 17.6. The summed E-state index contributed by atoms with van der Waals surface area (Å²) in [6.07, 6.45) is 0. The van der Waals surface area contributed by atoms with Crippen LogP contribution >= 0.6 is 0 Å². The second kappa shape index (κ2) is 8.21. The molecule has 24 heavy (non-hydrogen) atoms. The molecule has 0 saturated heterocycles. The first-order chi connectivity index (χ1) is 11.5. The maximum absolute atomic E-state index is 13.6. The zero-order chi connectivity index (χ0) is 17.5. The standard InChI is InChI=1S/C16H15F3N2O3/c1-23-9-10-4-2-3-5-13(10)21-16(22)20-11-6-7-14(12(17)8-11)24-15(18)19/h2-8,15H,9H2,1H3,(H2,20,21,22). The summed E-state index contributed by atoms with van der Waals surface area (Å²) in [6, 6.07) is 9.55. The predicted molar refractivity (Wildman–Crippen MR) is 82.8 cm³/mol. The SMILES string of the molecule is COCc1ccccc1NC(=O)Nc1ccc(OC(F)F)c(F)c1. The number of benzene rings is 2. The monoisotopic (exact) mass is 340 g/mol. The maximum Gasteiger partial charge on any atom is 0.387 e. The molecule has 0 bridgehead atoms. The van der Waals surface area contributed by atoms with Crippen LogP contribution in [0.25, 0.3) is 0 Å². The number of halogens is 3. The van der Waals surface area contributed by atoms with Crippen LogP contribution in [0.5, 0.6) is 5.75 Å². The number of para-hydroxylation sites is 1. The van der Waals surface area contributed by atoms with Crippen LogP contribution in [0.3, 0.4) is 0 Å². The molecular formula is C16H15F3N2O3. The number of methoxy groups -OCH3 is 1. The molecular weight excluding hydrogens is 325 g/mol. The number of carbonyl (C=O) groups excluding carboxylic acids is 1. The molecule has 5 nitrogen and oxygen atoms in total. The average molecular weight is 340 g/mol. The number of hydrogen-bond donors (Lipinski definition) is 2. The molecule has 128 valence electrons. The number of carbonyl (C=O) groups is 1. The van der Waals surface area contributed by atoms with E-state index < -0.39 is 24.2 Å². The Morgan fingerprint density at radius 1 is 1.17 bits per heavy atom. The van der Waals surface area contributed by atoms with Crippen LogP contribution in [0, 0.1) is 5.82 Å². The molecule has 0 aromatic heterocycles. The van der Waals surface area contributed by atoms with Gasteiger partial charge in [-0.05, 0) is 18.2 Å². The predicted octanol–water partition coefficient (Wildman–Crippen LogP) is 4.22. The third kappa shape index (κ3) is 4.88. The number of urea groups is 1. The molecule has 0 saturated carbocycles. The quantitative estimate of drug-likeness (QED) is 0.828. The number of amides is 2. The minimum atomic E-state index is -3.13. The first-order valence-electron chi connectivity index (χ1n) is 6.89. The van der Waals surface area contributed by atoms with E-state index in [4.69, 9.17) is 4.74 Å². The Balaban J connectivity index is 2.04. The van der Waals surface area contributed by atoms with Crippen molar-refractivity contribution in [3.63, 3.8) is 0 Å². The molecule has 0 spiro atoms. The summed E-state index contributed by atoms with van der Waals surface area (Å²) in [5, 5.41) is 5.01. The second-order valence-electron chi connectivity index (χ2n) is 4.69. The summed E-state index contributed by atoms with van der Waals surface area (Å²) >= 11 is 0. The lowest BCUT2D eigenvalue weighted by molar-refractivity contribution is -0.0521. The van der Waals surface area contributed by atoms with Gasteiger partial charge >= 0.3 is 12.6 Å². The molecule has 0 atom stereocenters. The van der Waals surface area contributed by atoms with Gasteiger partial charge in [0.1, 0.15) is 0 Å². The van der Waals surface area contributed by atoms with Crippen molar-refractivity contribution in [2.24, 2.45) is 0 Å².